The standard InChI is InChI=1S/C11H18N4/c1-9-7-11(14-8-13-9)15(6-2-5-12)10-3-4-10/h7-8,10H,2-6,12H2,1H3. The minimum atomic E-state index is 0.686. The van der Waals surface area contributed by atoms with Gasteiger partial charge in [-0.2, -0.15) is 0 Å². The van der Waals surface area contributed by atoms with Gasteiger partial charge in [-0.25, -0.2) is 9.97 Å². The maximum Gasteiger partial charge on any atom is 0.132 e. The summed E-state index contributed by atoms with van der Waals surface area (Å²) in [7, 11) is 0. The first kappa shape index (κ1) is 10.4. The first-order chi connectivity index (χ1) is 7.31. The van der Waals surface area contributed by atoms with Gasteiger partial charge in [-0.1, -0.05) is 0 Å². The normalized spacial score (nSPS) is 15.3. The lowest BCUT2D eigenvalue weighted by Crippen LogP contribution is -2.29. The van der Waals surface area contributed by atoms with Crippen LogP contribution in [0.15, 0.2) is 12.4 Å². The van der Waals surface area contributed by atoms with Crippen LogP contribution in [0.25, 0.3) is 0 Å². The van der Waals surface area contributed by atoms with E-state index in [2.05, 4.69) is 20.9 Å². The van der Waals surface area contributed by atoms with Crippen molar-refractivity contribution in [3.05, 3.63) is 18.1 Å². The SMILES string of the molecule is Cc1cc(N(CCCN)C2CC2)ncn1. The summed E-state index contributed by atoms with van der Waals surface area (Å²) < 4.78 is 0. The zero-order chi connectivity index (χ0) is 10.7. The Morgan fingerprint density at radius 1 is 1.47 bits per heavy atom. The molecule has 1 saturated carbocycles. The molecule has 0 amide bonds. The fourth-order valence-electron chi connectivity index (χ4n) is 1.73. The Kier molecular flexibility index (Phi) is 3.16. The maximum atomic E-state index is 5.55. The maximum absolute atomic E-state index is 5.55. The number of aryl methyl sites for hydroxylation is 1. The molecule has 15 heavy (non-hydrogen) atoms. The topological polar surface area (TPSA) is 55.0 Å². The lowest BCUT2D eigenvalue weighted by molar-refractivity contribution is 0.720. The number of nitrogens with two attached hydrogens (primary N) is 1. The van der Waals surface area contributed by atoms with Crippen LogP contribution in [0.5, 0.6) is 0 Å². The molecule has 82 valence electrons. The molecule has 0 radical (unpaired) electrons. The number of rotatable bonds is 5. The van der Waals surface area contributed by atoms with Crippen molar-refractivity contribution >= 4 is 5.82 Å². The fraction of sp³-hybridized carbons (Fsp3) is 0.636. The summed E-state index contributed by atoms with van der Waals surface area (Å²) in [6, 6.07) is 2.74. The third kappa shape index (κ3) is 2.65. The van der Waals surface area contributed by atoms with E-state index in [4.69, 9.17) is 5.73 Å². The summed E-state index contributed by atoms with van der Waals surface area (Å²) in [5.74, 6) is 1.05. The molecule has 0 aromatic carbocycles. The summed E-state index contributed by atoms with van der Waals surface area (Å²) in [6.45, 7) is 3.75. The largest absolute Gasteiger partial charge is 0.353 e. The van der Waals surface area contributed by atoms with Crippen LogP contribution in [0.1, 0.15) is 25.0 Å². The van der Waals surface area contributed by atoms with Crippen LogP contribution in [0.3, 0.4) is 0 Å². The zero-order valence-electron chi connectivity index (χ0n) is 9.19. The Bertz CT molecular complexity index is 322. The average Bonchev–Trinajstić information content (AvgIpc) is 3.03. The van der Waals surface area contributed by atoms with Crippen molar-refractivity contribution in [2.45, 2.75) is 32.2 Å². The molecule has 4 nitrogen and oxygen atoms in total. The Labute approximate surface area is 90.5 Å². The summed E-state index contributed by atoms with van der Waals surface area (Å²) in [5.41, 5.74) is 6.57. The summed E-state index contributed by atoms with van der Waals surface area (Å²) in [5, 5.41) is 0. The lowest BCUT2D eigenvalue weighted by Gasteiger charge is -2.23. The van der Waals surface area contributed by atoms with Gasteiger partial charge < -0.3 is 10.6 Å². The molecule has 0 atom stereocenters. The summed E-state index contributed by atoms with van der Waals surface area (Å²) in [6.07, 6.45) is 5.24. The molecule has 0 saturated heterocycles. The van der Waals surface area contributed by atoms with Gasteiger partial charge >= 0.3 is 0 Å². The molecule has 1 fully saturated rings. The number of nitrogens with zero attached hydrogens (tertiary/aromatic N) is 3. The molecule has 2 N–H and O–H groups in total. The highest BCUT2D eigenvalue weighted by Gasteiger charge is 2.29. The smallest absolute Gasteiger partial charge is 0.132 e. The van der Waals surface area contributed by atoms with E-state index in [1.165, 1.54) is 12.8 Å². The van der Waals surface area contributed by atoms with Gasteiger partial charge in [0, 0.05) is 24.3 Å². The van der Waals surface area contributed by atoms with Crippen LogP contribution in [0, 0.1) is 6.92 Å². The molecule has 0 unspecified atom stereocenters. The molecule has 4 heteroatoms. The minimum absolute atomic E-state index is 0.686. The highest BCUT2D eigenvalue weighted by molar-refractivity contribution is 5.41. The van der Waals surface area contributed by atoms with Gasteiger partial charge in [-0.3, -0.25) is 0 Å². The molecule has 0 spiro atoms. The quantitative estimate of drug-likeness (QED) is 0.784. The van der Waals surface area contributed by atoms with Crippen LogP contribution in [0.4, 0.5) is 5.82 Å². The van der Waals surface area contributed by atoms with Gasteiger partial charge in [-0.15, -0.1) is 0 Å². The van der Waals surface area contributed by atoms with E-state index in [1.54, 1.807) is 6.33 Å². The second-order valence-electron chi connectivity index (χ2n) is 4.08. The van der Waals surface area contributed by atoms with Crippen molar-refractivity contribution < 1.29 is 0 Å². The van der Waals surface area contributed by atoms with E-state index in [0.717, 1.165) is 31.0 Å². The van der Waals surface area contributed by atoms with Gasteiger partial charge in [0.2, 0.25) is 0 Å². The second-order valence-corrected chi connectivity index (χ2v) is 4.08. The molecular weight excluding hydrogens is 188 g/mol. The Hall–Kier alpha value is -1.16. The molecule has 1 heterocycles. The molecule has 1 aromatic heterocycles. The highest BCUT2D eigenvalue weighted by Crippen LogP contribution is 2.30. The van der Waals surface area contributed by atoms with Crippen molar-refractivity contribution in [1.29, 1.82) is 0 Å². The lowest BCUT2D eigenvalue weighted by atomic mass is 10.3. The van der Waals surface area contributed by atoms with Crippen molar-refractivity contribution in [3.63, 3.8) is 0 Å². The minimum Gasteiger partial charge on any atom is -0.353 e. The zero-order valence-corrected chi connectivity index (χ0v) is 9.19. The average molecular weight is 206 g/mol. The summed E-state index contributed by atoms with van der Waals surface area (Å²) >= 11 is 0. The van der Waals surface area contributed by atoms with Crippen LogP contribution in [-0.4, -0.2) is 29.1 Å². The number of anilines is 1. The number of hydrogen-bond donors (Lipinski definition) is 1. The Morgan fingerprint density at radius 3 is 2.87 bits per heavy atom. The van der Waals surface area contributed by atoms with Crippen LogP contribution in [-0.2, 0) is 0 Å². The van der Waals surface area contributed by atoms with Gasteiger partial charge in [-0.05, 0) is 32.7 Å². The molecule has 1 aliphatic carbocycles. The van der Waals surface area contributed by atoms with Gasteiger partial charge in [0.05, 0.1) is 0 Å². The Balaban J connectivity index is 2.09. The monoisotopic (exact) mass is 206 g/mol. The van der Waals surface area contributed by atoms with Crippen LogP contribution >= 0.6 is 0 Å². The van der Waals surface area contributed by atoms with E-state index in [9.17, 15) is 0 Å². The van der Waals surface area contributed by atoms with Crippen LogP contribution in [0.2, 0.25) is 0 Å². The van der Waals surface area contributed by atoms with Crippen molar-refractivity contribution in [1.82, 2.24) is 9.97 Å². The summed E-state index contributed by atoms with van der Waals surface area (Å²) in [4.78, 5) is 10.8. The van der Waals surface area contributed by atoms with E-state index in [-0.39, 0.29) is 0 Å². The predicted octanol–water partition coefficient (Wildman–Crippen LogP) is 1.10. The van der Waals surface area contributed by atoms with E-state index >= 15 is 0 Å². The van der Waals surface area contributed by atoms with Crippen molar-refractivity contribution in [2.24, 2.45) is 5.73 Å². The van der Waals surface area contributed by atoms with Gasteiger partial charge in [0.15, 0.2) is 0 Å². The first-order valence-corrected chi connectivity index (χ1v) is 5.56. The molecule has 0 aliphatic heterocycles. The highest BCUT2D eigenvalue weighted by atomic mass is 15.2. The Morgan fingerprint density at radius 2 is 2.27 bits per heavy atom. The molecule has 0 bridgehead atoms. The predicted molar refractivity (Wildman–Crippen MR) is 60.8 cm³/mol. The third-order valence-electron chi connectivity index (χ3n) is 2.67. The van der Waals surface area contributed by atoms with Gasteiger partial charge in [0.1, 0.15) is 12.1 Å². The molecular formula is C11H18N4. The molecule has 2 rings (SSSR count). The van der Waals surface area contributed by atoms with Gasteiger partial charge in [0.25, 0.3) is 0 Å². The van der Waals surface area contributed by atoms with Crippen LogP contribution < -0.4 is 10.6 Å². The first-order valence-electron chi connectivity index (χ1n) is 5.56. The molecule has 1 aliphatic rings. The van der Waals surface area contributed by atoms with Crippen molar-refractivity contribution in [3.8, 4) is 0 Å². The van der Waals surface area contributed by atoms with Crippen molar-refractivity contribution in [2.75, 3.05) is 18.0 Å². The number of hydrogen-bond acceptors (Lipinski definition) is 4. The van der Waals surface area contributed by atoms with E-state index in [0.29, 0.717) is 6.04 Å². The van der Waals surface area contributed by atoms with E-state index in [1.807, 2.05) is 6.92 Å². The second kappa shape index (κ2) is 4.57. The third-order valence-corrected chi connectivity index (χ3v) is 2.67. The number of aromatic nitrogens is 2. The molecule has 1 aromatic rings. The van der Waals surface area contributed by atoms with E-state index < -0.39 is 0 Å². The fourth-order valence-corrected chi connectivity index (χ4v) is 1.73.